The van der Waals surface area contributed by atoms with Gasteiger partial charge in [-0.15, -0.1) is 0 Å². The summed E-state index contributed by atoms with van der Waals surface area (Å²) in [4.78, 5) is 0. The molecule has 0 bridgehead atoms. The van der Waals surface area contributed by atoms with E-state index in [1.807, 2.05) is 13.8 Å². The fourth-order valence-electron chi connectivity index (χ4n) is 6.38. The highest BCUT2D eigenvalue weighted by atomic mass is 16.3. The van der Waals surface area contributed by atoms with Crippen LogP contribution in [0.25, 0.3) is 27.6 Å². The minimum atomic E-state index is -0.349. The van der Waals surface area contributed by atoms with Gasteiger partial charge in [-0.3, -0.25) is 0 Å². The number of hydrogen-bond donors (Lipinski definition) is 2. The molecule has 0 radical (unpaired) electrons. The molecule has 0 heterocycles. The van der Waals surface area contributed by atoms with Crippen LogP contribution in [0.1, 0.15) is 106 Å². The van der Waals surface area contributed by atoms with Crippen LogP contribution in [0.4, 0.5) is 0 Å². The number of aliphatic hydroxyl groups is 2. The second-order valence-corrected chi connectivity index (χ2v) is 12.1. The minimum absolute atomic E-state index is 0.337. The molecular formula is C38H48O2. The number of fused-ring (bicyclic) bond motifs is 2. The minimum Gasteiger partial charge on any atom is -0.393 e. The summed E-state index contributed by atoms with van der Waals surface area (Å²) >= 11 is 0. The van der Waals surface area contributed by atoms with Gasteiger partial charge < -0.3 is 10.2 Å². The fraction of sp³-hybridized carbons (Fsp3) is 0.421. The van der Waals surface area contributed by atoms with Gasteiger partial charge in [-0.05, 0) is 133 Å². The third-order valence-corrected chi connectivity index (χ3v) is 8.56. The molecule has 2 atom stereocenters. The summed E-state index contributed by atoms with van der Waals surface area (Å²) in [6.07, 6.45) is 6.73. The predicted molar refractivity (Wildman–Crippen MR) is 173 cm³/mol. The van der Waals surface area contributed by atoms with Crippen LogP contribution in [0.3, 0.4) is 0 Å². The maximum absolute atomic E-state index is 10.3. The highest BCUT2D eigenvalue weighted by Gasteiger charge is 2.22. The Labute approximate surface area is 241 Å². The van der Waals surface area contributed by atoms with Gasteiger partial charge in [0, 0.05) is 0 Å². The van der Waals surface area contributed by atoms with Crippen LogP contribution in [0, 0.1) is 6.92 Å². The Bertz CT molecular complexity index is 1500. The third-order valence-electron chi connectivity index (χ3n) is 8.56. The van der Waals surface area contributed by atoms with E-state index in [-0.39, 0.29) is 12.2 Å². The van der Waals surface area contributed by atoms with Gasteiger partial charge in [0.1, 0.15) is 0 Å². The van der Waals surface area contributed by atoms with Gasteiger partial charge in [0.05, 0.1) is 12.2 Å². The summed E-state index contributed by atoms with van der Waals surface area (Å²) in [5, 5.41) is 25.8. The Balaban J connectivity index is 2.05. The topological polar surface area (TPSA) is 40.5 Å². The first-order valence-corrected chi connectivity index (χ1v) is 15.2. The SMILES string of the molecule is CC/C(C)=C\c1c(CCC(C)O)c(Cc2c(CCC(C)O)c(C(C)C)c(C)c3ccccc23)cc2ccccc12. The summed E-state index contributed by atoms with van der Waals surface area (Å²) in [5.74, 6) is 0.393. The Morgan fingerprint density at radius 2 is 1.35 bits per heavy atom. The normalized spacial score (nSPS) is 13.9. The number of aryl methyl sites for hydroxylation is 1. The van der Waals surface area contributed by atoms with Gasteiger partial charge in [0.2, 0.25) is 0 Å². The Hall–Kier alpha value is -2.94. The van der Waals surface area contributed by atoms with Gasteiger partial charge in [-0.25, -0.2) is 0 Å². The highest BCUT2D eigenvalue weighted by Crippen LogP contribution is 2.39. The molecule has 0 aromatic heterocycles. The highest BCUT2D eigenvalue weighted by molar-refractivity contribution is 5.95. The van der Waals surface area contributed by atoms with Crippen molar-refractivity contribution in [1.29, 1.82) is 0 Å². The van der Waals surface area contributed by atoms with Crippen LogP contribution < -0.4 is 0 Å². The van der Waals surface area contributed by atoms with Gasteiger partial charge in [-0.2, -0.15) is 0 Å². The van der Waals surface area contributed by atoms with Crippen LogP contribution in [0.5, 0.6) is 0 Å². The Kier molecular flexibility index (Phi) is 9.87. The number of rotatable bonds is 11. The number of aliphatic hydroxyl groups excluding tert-OH is 2. The summed E-state index contributed by atoms with van der Waals surface area (Å²) in [6, 6.07) is 20.0. The van der Waals surface area contributed by atoms with Gasteiger partial charge in [0.15, 0.2) is 0 Å². The van der Waals surface area contributed by atoms with E-state index in [0.29, 0.717) is 5.92 Å². The summed E-state index contributed by atoms with van der Waals surface area (Å²) in [5.41, 5.74) is 11.0. The molecule has 2 heteroatoms. The smallest absolute Gasteiger partial charge is 0.0515 e. The molecule has 0 spiro atoms. The summed E-state index contributed by atoms with van der Waals surface area (Å²) < 4.78 is 0. The van der Waals surface area contributed by atoms with E-state index in [0.717, 1.165) is 38.5 Å². The van der Waals surface area contributed by atoms with E-state index in [2.05, 4.69) is 95.3 Å². The van der Waals surface area contributed by atoms with Crippen LogP contribution in [0.2, 0.25) is 0 Å². The lowest BCUT2D eigenvalue weighted by Crippen LogP contribution is -2.12. The van der Waals surface area contributed by atoms with E-state index in [9.17, 15) is 10.2 Å². The van der Waals surface area contributed by atoms with E-state index < -0.39 is 0 Å². The number of hydrogen-bond acceptors (Lipinski definition) is 2. The largest absolute Gasteiger partial charge is 0.393 e. The number of allylic oxidation sites excluding steroid dienone is 1. The molecule has 0 saturated carbocycles. The first-order chi connectivity index (χ1) is 19.1. The van der Waals surface area contributed by atoms with Crippen LogP contribution >= 0.6 is 0 Å². The quantitative estimate of drug-likeness (QED) is 0.200. The van der Waals surface area contributed by atoms with Crippen LogP contribution in [-0.4, -0.2) is 22.4 Å². The van der Waals surface area contributed by atoms with Crippen molar-refractivity contribution in [3.63, 3.8) is 0 Å². The third kappa shape index (κ3) is 6.51. The molecule has 2 unspecified atom stereocenters. The zero-order chi connectivity index (χ0) is 29.0. The molecule has 40 heavy (non-hydrogen) atoms. The molecule has 0 aliphatic carbocycles. The van der Waals surface area contributed by atoms with Crippen molar-refractivity contribution < 1.29 is 10.2 Å². The second-order valence-electron chi connectivity index (χ2n) is 12.1. The molecule has 4 rings (SSSR count). The van der Waals surface area contributed by atoms with Gasteiger partial charge in [0.25, 0.3) is 0 Å². The predicted octanol–water partition coefficient (Wildman–Crippen LogP) is 9.46. The van der Waals surface area contributed by atoms with Crippen molar-refractivity contribution in [2.45, 2.75) is 105 Å². The first kappa shape index (κ1) is 30.0. The lowest BCUT2D eigenvalue weighted by atomic mass is 9.79. The molecule has 0 saturated heterocycles. The Morgan fingerprint density at radius 3 is 1.95 bits per heavy atom. The molecule has 2 N–H and O–H groups in total. The first-order valence-electron chi connectivity index (χ1n) is 15.2. The van der Waals surface area contributed by atoms with E-state index in [1.165, 1.54) is 66.1 Å². The lowest BCUT2D eigenvalue weighted by molar-refractivity contribution is 0.184. The van der Waals surface area contributed by atoms with Crippen molar-refractivity contribution in [3.8, 4) is 0 Å². The van der Waals surface area contributed by atoms with Gasteiger partial charge in [-0.1, -0.05) is 87.0 Å². The molecule has 0 aliphatic rings. The summed E-state index contributed by atoms with van der Waals surface area (Å²) in [6.45, 7) is 15.1. The average molecular weight is 537 g/mol. The van der Waals surface area contributed by atoms with E-state index >= 15 is 0 Å². The monoisotopic (exact) mass is 536 g/mol. The maximum Gasteiger partial charge on any atom is 0.0515 e. The zero-order valence-corrected chi connectivity index (χ0v) is 25.6. The molecular weight excluding hydrogens is 488 g/mol. The van der Waals surface area contributed by atoms with E-state index in [1.54, 1.807) is 0 Å². The van der Waals surface area contributed by atoms with Crippen molar-refractivity contribution >= 4 is 27.6 Å². The van der Waals surface area contributed by atoms with Crippen LogP contribution in [0.15, 0.2) is 60.2 Å². The fourth-order valence-corrected chi connectivity index (χ4v) is 6.38. The molecule has 0 fully saturated rings. The summed E-state index contributed by atoms with van der Waals surface area (Å²) in [7, 11) is 0. The molecule has 0 amide bonds. The standard InChI is InChI=1S/C38H48O2/c1-8-25(4)21-36-32-15-10-9-13-29(32)22-30(33(36)19-17-26(5)39)23-37-34-16-12-11-14-31(34)28(7)38(24(2)3)35(37)20-18-27(6)40/h9-16,21-22,24,26-27,39-40H,8,17-20,23H2,1-7H3/b25-21-. The molecule has 2 nitrogen and oxygen atoms in total. The van der Waals surface area contributed by atoms with Crippen molar-refractivity contribution in [3.05, 3.63) is 99.1 Å². The lowest BCUT2D eigenvalue weighted by Gasteiger charge is -2.25. The van der Waals surface area contributed by atoms with Crippen molar-refractivity contribution in [2.24, 2.45) is 0 Å². The molecule has 4 aromatic rings. The maximum atomic E-state index is 10.3. The van der Waals surface area contributed by atoms with Crippen molar-refractivity contribution in [2.75, 3.05) is 0 Å². The molecule has 212 valence electrons. The number of benzene rings is 4. The Morgan fingerprint density at radius 1 is 0.775 bits per heavy atom. The van der Waals surface area contributed by atoms with E-state index in [4.69, 9.17) is 0 Å². The molecule has 4 aromatic carbocycles. The van der Waals surface area contributed by atoms with Crippen LogP contribution in [-0.2, 0) is 19.3 Å². The van der Waals surface area contributed by atoms with Crippen molar-refractivity contribution in [1.82, 2.24) is 0 Å². The molecule has 0 aliphatic heterocycles. The second kappa shape index (κ2) is 13.1. The zero-order valence-electron chi connectivity index (χ0n) is 25.6. The van der Waals surface area contributed by atoms with Gasteiger partial charge >= 0.3 is 0 Å². The average Bonchev–Trinajstić information content (AvgIpc) is 2.92.